The minimum absolute atomic E-state index is 0.0988. The molecule has 0 spiro atoms. The summed E-state index contributed by atoms with van der Waals surface area (Å²) >= 11 is 7.21. The van der Waals surface area contributed by atoms with Crippen LogP contribution in [0.25, 0.3) is 11.3 Å². The van der Waals surface area contributed by atoms with E-state index in [0.29, 0.717) is 16.1 Å². The first kappa shape index (κ1) is 23.5. The molecule has 0 atom stereocenters. The summed E-state index contributed by atoms with van der Waals surface area (Å²) in [6, 6.07) is 6.92. The summed E-state index contributed by atoms with van der Waals surface area (Å²) in [4.78, 5) is 38.4. The average Bonchev–Trinajstić information content (AvgIpc) is 3.28. The Kier molecular flexibility index (Phi) is 7.32. The Hall–Kier alpha value is -3.17. The third-order valence-electron chi connectivity index (χ3n) is 4.53. The van der Waals surface area contributed by atoms with E-state index >= 15 is 0 Å². The number of thiophene rings is 1. The van der Waals surface area contributed by atoms with Crippen LogP contribution in [0, 0.1) is 13.8 Å². The first-order valence-electron chi connectivity index (χ1n) is 9.80. The van der Waals surface area contributed by atoms with Crippen molar-refractivity contribution in [2.75, 3.05) is 18.5 Å². The van der Waals surface area contributed by atoms with E-state index in [2.05, 4.69) is 10.5 Å². The number of anilines is 1. The molecule has 32 heavy (non-hydrogen) atoms. The van der Waals surface area contributed by atoms with Gasteiger partial charge in [-0.2, -0.15) is 0 Å². The topological polar surface area (TPSA) is 108 Å². The second kappa shape index (κ2) is 9.97. The van der Waals surface area contributed by atoms with Gasteiger partial charge in [-0.3, -0.25) is 4.79 Å². The number of carbonyl (C=O) groups is 3. The lowest BCUT2D eigenvalue weighted by molar-refractivity contribution is 0.0527. The summed E-state index contributed by atoms with van der Waals surface area (Å²) < 4.78 is 15.4. The lowest BCUT2D eigenvalue weighted by Crippen LogP contribution is -2.16. The minimum Gasteiger partial charge on any atom is -0.462 e. The molecule has 3 aromatic rings. The molecule has 0 radical (unpaired) electrons. The van der Waals surface area contributed by atoms with E-state index in [4.69, 9.17) is 25.6 Å². The molecule has 0 fully saturated rings. The Morgan fingerprint density at radius 1 is 1.06 bits per heavy atom. The van der Waals surface area contributed by atoms with Crippen molar-refractivity contribution >= 4 is 45.8 Å². The van der Waals surface area contributed by atoms with Crippen molar-refractivity contribution in [2.45, 2.75) is 27.7 Å². The molecule has 0 aliphatic carbocycles. The van der Waals surface area contributed by atoms with Crippen LogP contribution >= 0.6 is 22.9 Å². The zero-order chi connectivity index (χ0) is 23.4. The van der Waals surface area contributed by atoms with E-state index in [-0.39, 0.29) is 45.7 Å². The predicted octanol–water partition coefficient (Wildman–Crippen LogP) is 5.28. The number of esters is 2. The number of halogens is 1. The van der Waals surface area contributed by atoms with E-state index in [1.165, 1.54) is 0 Å². The van der Waals surface area contributed by atoms with Gasteiger partial charge in [0.05, 0.1) is 23.8 Å². The van der Waals surface area contributed by atoms with Crippen molar-refractivity contribution in [3.63, 3.8) is 0 Å². The van der Waals surface area contributed by atoms with Gasteiger partial charge >= 0.3 is 11.9 Å². The maximum Gasteiger partial charge on any atom is 0.348 e. The molecular formula is C22H21ClN2O6S. The predicted molar refractivity (Wildman–Crippen MR) is 121 cm³/mol. The molecule has 0 aliphatic rings. The van der Waals surface area contributed by atoms with Crippen molar-refractivity contribution in [3.8, 4) is 11.3 Å². The van der Waals surface area contributed by atoms with E-state index in [1.54, 1.807) is 52.0 Å². The zero-order valence-corrected chi connectivity index (χ0v) is 19.5. The van der Waals surface area contributed by atoms with Gasteiger partial charge in [0, 0.05) is 5.56 Å². The normalized spacial score (nSPS) is 10.7. The largest absolute Gasteiger partial charge is 0.462 e. The SMILES string of the molecule is CCOC(=O)c1sc(NC(=O)c2c(-c3ccccc3Cl)noc2C)c(C(=O)OCC)c1C. The van der Waals surface area contributed by atoms with E-state index in [1.807, 2.05) is 0 Å². The van der Waals surface area contributed by atoms with Gasteiger partial charge in [0.2, 0.25) is 0 Å². The number of carbonyl (C=O) groups excluding carboxylic acids is 3. The molecule has 0 unspecified atom stereocenters. The third-order valence-corrected chi connectivity index (χ3v) is 6.05. The van der Waals surface area contributed by atoms with Crippen LogP contribution in [-0.2, 0) is 9.47 Å². The van der Waals surface area contributed by atoms with E-state index in [0.717, 1.165) is 11.3 Å². The van der Waals surface area contributed by atoms with Crippen molar-refractivity contribution in [2.24, 2.45) is 0 Å². The molecule has 2 heterocycles. The summed E-state index contributed by atoms with van der Waals surface area (Å²) in [6.07, 6.45) is 0. The van der Waals surface area contributed by atoms with Crippen LogP contribution in [0.4, 0.5) is 5.00 Å². The number of amides is 1. The molecule has 0 aliphatic heterocycles. The number of aromatic nitrogens is 1. The van der Waals surface area contributed by atoms with E-state index in [9.17, 15) is 14.4 Å². The van der Waals surface area contributed by atoms with Crippen LogP contribution in [0.5, 0.6) is 0 Å². The highest BCUT2D eigenvalue weighted by Crippen LogP contribution is 2.36. The number of aryl methyl sites for hydroxylation is 1. The first-order valence-corrected chi connectivity index (χ1v) is 11.0. The molecule has 0 bridgehead atoms. The molecule has 10 heteroatoms. The first-order chi connectivity index (χ1) is 15.3. The highest BCUT2D eigenvalue weighted by Gasteiger charge is 2.29. The molecule has 168 valence electrons. The second-order valence-electron chi connectivity index (χ2n) is 6.60. The van der Waals surface area contributed by atoms with Gasteiger partial charge in [0.25, 0.3) is 5.91 Å². The lowest BCUT2D eigenvalue weighted by Gasteiger charge is -2.08. The molecule has 0 saturated carbocycles. The highest BCUT2D eigenvalue weighted by atomic mass is 35.5. The lowest BCUT2D eigenvalue weighted by atomic mass is 10.1. The minimum atomic E-state index is -0.652. The number of benzene rings is 1. The fraction of sp³-hybridized carbons (Fsp3) is 0.273. The van der Waals surface area contributed by atoms with Crippen molar-refractivity contribution < 1.29 is 28.4 Å². The van der Waals surface area contributed by atoms with Crippen molar-refractivity contribution in [1.29, 1.82) is 0 Å². The molecule has 1 N–H and O–H groups in total. The van der Waals surface area contributed by atoms with E-state index < -0.39 is 17.8 Å². The fourth-order valence-corrected chi connectivity index (χ4v) is 4.39. The van der Waals surface area contributed by atoms with Crippen LogP contribution in [0.1, 0.15) is 55.6 Å². The molecule has 1 aromatic carbocycles. The van der Waals surface area contributed by atoms with Crippen LogP contribution in [0.15, 0.2) is 28.8 Å². The van der Waals surface area contributed by atoms with Gasteiger partial charge < -0.3 is 19.3 Å². The summed E-state index contributed by atoms with van der Waals surface area (Å²) in [5.41, 5.74) is 1.42. The van der Waals surface area contributed by atoms with Gasteiger partial charge in [0.1, 0.15) is 26.9 Å². The Morgan fingerprint density at radius 2 is 1.72 bits per heavy atom. The summed E-state index contributed by atoms with van der Waals surface area (Å²) in [7, 11) is 0. The molecule has 1 amide bonds. The number of ether oxygens (including phenoxy) is 2. The summed E-state index contributed by atoms with van der Waals surface area (Å²) in [5.74, 6) is -1.53. The monoisotopic (exact) mass is 476 g/mol. The zero-order valence-electron chi connectivity index (χ0n) is 17.9. The summed E-state index contributed by atoms with van der Waals surface area (Å²) in [5, 5.41) is 7.27. The number of nitrogens with zero attached hydrogens (tertiary/aromatic N) is 1. The maximum absolute atomic E-state index is 13.2. The van der Waals surface area contributed by atoms with Crippen LogP contribution in [0.3, 0.4) is 0 Å². The Morgan fingerprint density at radius 3 is 2.38 bits per heavy atom. The molecule has 0 saturated heterocycles. The highest BCUT2D eigenvalue weighted by molar-refractivity contribution is 7.18. The van der Waals surface area contributed by atoms with Gasteiger partial charge in [-0.05, 0) is 39.3 Å². The third kappa shape index (κ3) is 4.53. The molecular weight excluding hydrogens is 456 g/mol. The van der Waals surface area contributed by atoms with Gasteiger partial charge in [-0.15, -0.1) is 11.3 Å². The number of hydrogen-bond acceptors (Lipinski definition) is 8. The Labute approximate surface area is 193 Å². The Bertz CT molecular complexity index is 1180. The second-order valence-corrected chi connectivity index (χ2v) is 8.03. The molecule has 2 aromatic heterocycles. The Balaban J connectivity index is 2.04. The fourth-order valence-electron chi connectivity index (χ4n) is 3.08. The van der Waals surface area contributed by atoms with Gasteiger partial charge in [-0.1, -0.05) is 35.0 Å². The number of nitrogens with one attached hydrogen (secondary N) is 1. The standard InChI is InChI=1S/C22H21ClN2O6S/c1-5-29-21(27)15-11(3)18(22(28)30-6-2)32-20(15)24-19(26)16-12(4)31-25-17(16)13-9-7-8-10-14(13)23/h7-10H,5-6H2,1-4H3,(H,24,26). The van der Waals surface area contributed by atoms with Crippen molar-refractivity contribution in [1.82, 2.24) is 5.16 Å². The smallest absolute Gasteiger partial charge is 0.348 e. The van der Waals surface area contributed by atoms with Crippen LogP contribution in [-0.4, -0.2) is 36.2 Å². The quantitative estimate of drug-likeness (QED) is 0.462. The summed E-state index contributed by atoms with van der Waals surface area (Å²) in [6.45, 7) is 6.86. The maximum atomic E-state index is 13.2. The van der Waals surface area contributed by atoms with Crippen molar-refractivity contribution in [3.05, 3.63) is 56.6 Å². The van der Waals surface area contributed by atoms with Crippen LogP contribution < -0.4 is 5.32 Å². The molecule has 8 nitrogen and oxygen atoms in total. The van der Waals surface area contributed by atoms with Gasteiger partial charge in [0.15, 0.2) is 0 Å². The number of rotatable bonds is 7. The van der Waals surface area contributed by atoms with Gasteiger partial charge in [-0.25, -0.2) is 9.59 Å². The number of hydrogen-bond donors (Lipinski definition) is 1. The average molecular weight is 477 g/mol. The van der Waals surface area contributed by atoms with Crippen LogP contribution in [0.2, 0.25) is 5.02 Å². The molecule has 3 rings (SSSR count).